The molecule has 3 rings (SSSR count). The normalized spacial score (nSPS) is 11.3. The molecule has 0 fully saturated rings. The lowest BCUT2D eigenvalue weighted by Gasteiger charge is -2.16. The maximum absolute atomic E-state index is 12.5. The largest absolute Gasteiger partial charge is 0.858 e. The molecule has 0 bridgehead atoms. The third-order valence-electron chi connectivity index (χ3n) is 4.09. The minimum absolute atomic E-state index is 0.117. The molecule has 1 heterocycles. The van der Waals surface area contributed by atoms with Crippen LogP contribution in [0.1, 0.15) is 11.1 Å². The highest BCUT2D eigenvalue weighted by Crippen LogP contribution is 2.38. The maximum Gasteiger partial charge on any atom is 0.320 e. The summed E-state index contributed by atoms with van der Waals surface area (Å²) in [7, 11) is 4.46. The molecule has 0 N–H and O–H groups in total. The Morgan fingerprint density at radius 2 is 1.75 bits per heavy atom. The Labute approximate surface area is 162 Å². The summed E-state index contributed by atoms with van der Waals surface area (Å²) in [6.45, 7) is 0.613. The summed E-state index contributed by atoms with van der Waals surface area (Å²) in [6, 6.07) is 13.1. The Morgan fingerprint density at radius 3 is 2.36 bits per heavy atom. The Morgan fingerprint density at radius 1 is 1.07 bits per heavy atom. The van der Waals surface area contributed by atoms with Crippen LogP contribution in [0.3, 0.4) is 0 Å². The highest BCUT2D eigenvalue weighted by Gasteiger charge is 2.15. The Kier molecular flexibility index (Phi) is 6.11. The molecule has 0 unspecified atom stereocenters. The van der Waals surface area contributed by atoms with E-state index in [4.69, 9.17) is 18.7 Å². The topological polar surface area (TPSA) is 93.0 Å². The van der Waals surface area contributed by atoms with Crippen LogP contribution in [0.15, 0.2) is 58.2 Å². The smallest absolute Gasteiger partial charge is 0.320 e. The van der Waals surface area contributed by atoms with Crippen LogP contribution in [-0.4, -0.2) is 32.5 Å². The van der Waals surface area contributed by atoms with Gasteiger partial charge in [0.25, 0.3) is 6.20 Å². The summed E-state index contributed by atoms with van der Waals surface area (Å²) in [5, 5.41) is 16.4. The number of ether oxygens (including phenoxy) is 3. The first kappa shape index (κ1) is 19.2. The van der Waals surface area contributed by atoms with Crippen molar-refractivity contribution in [3.63, 3.8) is 0 Å². The molecule has 8 nitrogen and oxygen atoms in total. The predicted molar refractivity (Wildman–Crippen MR) is 99.1 cm³/mol. The van der Waals surface area contributed by atoms with Crippen LogP contribution >= 0.6 is 0 Å². The molecule has 2 aromatic carbocycles. The van der Waals surface area contributed by atoms with E-state index in [1.54, 1.807) is 10.9 Å². The standard InChI is InChI=1S/C20H21N3O5/c1-25-16-11-15(12-17(26-2)19(16)27-3)20(24)21-18-13-23(22-28-18)10-9-14-7-5-4-6-8-14/h4-8,11-13H,9-10H2,1-3H3. The summed E-state index contributed by atoms with van der Waals surface area (Å²) < 4.78 is 22.5. The molecular weight excluding hydrogens is 362 g/mol. The molecular formula is C20H21N3O5. The van der Waals surface area contributed by atoms with Gasteiger partial charge in [0.15, 0.2) is 18.0 Å². The van der Waals surface area contributed by atoms with Gasteiger partial charge in [0.1, 0.15) is 0 Å². The van der Waals surface area contributed by atoms with E-state index in [9.17, 15) is 5.11 Å². The number of hydrogen-bond donors (Lipinski definition) is 0. The minimum atomic E-state index is -0.509. The van der Waals surface area contributed by atoms with Gasteiger partial charge in [-0.05, 0) is 29.2 Å². The van der Waals surface area contributed by atoms with Gasteiger partial charge in [0, 0.05) is 6.42 Å². The third kappa shape index (κ3) is 4.40. The highest BCUT2D eigenvalue weighted by atomic mass is 16.5. The average molecular weight is 383 g/mol. The summed E-state index contributed by atoms with van der Waals surface area (Å²) in [6.07, 6.45) is 2.37. The second-order valence-electron chi connectivity index (χ2n) is 5.87. The van der Waals surface area contributed by atoms with E-state index >= 15 is 0 Å². The molecule has 28 heavy (non-hydrogen) atoms. The number of benzene rings is 2. The molecule has 0 saturated heterocycles. The lowest BCUT2D eigenvalue weighted by molar-refractivity contribution is -0.761. The van der Waals surface area contributed by atoms with Crippen molar-refractivity contribution in [3.8, 4) is 17.2 Å². The molecule has 8 heteroatoms. The first-order valence-electron chi connectivity index (χ1n) is 8.61. The number of methoxy groups -OCH3 is 3. The van der Waals surface area contributed by atoms with Crippen LogP contribution < -0.4 is 24.0 Å². The van der Waals surface area contributed by atoms with Gasteiger partial charge in [0.2, 0.25) is 11.0 Å². The second kappa shape index (κ2) is 8.90. The monoisotopic (exact) mass is 383 g/mol. The summed E-state index contributed by atoms with van der Waals surface area (Å²) in [5.74, 6) is 0.754. The highest BCUT2D eigenvalue weighted by molar-refractivity contribution is 5.93. The summed E-state index contributed by atoms with van der Waals surface area (Å²) >= 11 is 0. The van der Waals surface area contributed by atoms with Crippen molar-refractivity contribution < 1.29 is 28.5 Å². The van der Waals surface area contributed by atoms with Crippen molar-refractivity contribution in [2.24, 2.45) is 4.99 Å². The SMILES string of the molecule is COc1cc(/C([O-])=N/c2c[n+](CCc3ccccc3)no2)cc(OC)c1OC. The van der Waals surface area contributed by atoms with E-state index in [1.807, 2.05) is 30.3 Å². The van der Waals surface area contributed by atoms with E-state index in [0.717, 1.165) is 6.42 Å². The lowest BCUT2D eigenvalue weighted by Crippen LogP contribution is -2.35. The molecule has 1 aromatic heterocycles. The van der Waals surface area contributed by atoms with Gasteiger partial charge in [0.05, 0.1) is 21.3 Å². The van der Waals surface area contributed by atoms with Crippen molar-refractivity contribution in [1.29, 1.82) is 0 Å². The van der Waals surface area contributed by atoms with Crippen LogP contribution in [0, 0.1) is 0 Å². The molecule has 146 valence electrons. The van der Waals surface area contributed by atoms with Crippen LogP contribution in [-0.2, 0) is 13.0 Å². The van der Waals surface area contributed by atoms with Crippen LogP contribution in [0.2, 0.25) is 0 Å². The van der Waals surface area contributed by atoms with E-state index < -0.39 is 5.90 Å². The summed E-state index contributed by atoms with van der Waals surface area (Å²) in [4.78, 5) is 3.97. The van der Waals surface area contributed by atoms with Gasteiger partial charge in [-0.3, -0.25) is 4.52 Å². The van der Waals surface area contributed by atoms with Gasteiger partial charge in [-0.15, -0.1) is 0 Å². The van der Waals surface area contributed by atoms with Crippen LogP contribution in [0.25, 0.3) is 0 Å². The maximum atomic E-state index is 12.5. The first-order valence-corrected chi connectivity index (χ1v) is 8.61. The van der Waals surface area contributed by atoms with Gasteiger partial charge < -0.3 is 19.3 Å². The summed E-state index contributed by atoms with van der Waals surface area (Å²) in [5.41, 5.74) is 1.46. The van der Waals surface area contributed by atoms with Crippen LogP contribution in [0.4, 0.5) is 5.88 Å². The van der Waals surface area contributed by atoms with Crippen molar-refractivity contribution >= 4 is 11.8 Å². The van der Waals surface area contributed by atoms with E-state index in [-0.39, 0.29) is 11.4 Å². The molecule has 0 atom stereocenters. The predicted octanol–water partition coefficient (Wildman–Crippen LogP) is 1.67. The van der Waals surface area contributed by atoms with Gasteiger partial charge in [-0.1, -0.05) is 35.0 Å². The second-order valence-corrected chi connectivity index (χ2v) is 5.87. The number of hydrogen-bond acceptors (Lipinski definition) is 7. The molecule has 3 aromatic rings. The zero-order valence-corrected chi connectivity index (χ0v) is 15.9. The van der Waals surface area contributed by atoms with E-state index in [2.05, 4.69) is 10.3 Å². The molecule has 0 aliphatic heterocycles. The quantitative estimate of drug-likeness (QED) is 0.334. The molecule has 0 spiro atoms. The molecule has 0 radical (unpaired) electrons. The Bertz CT molecular complexity index is 928. The Balaban J connectivity index is 1.77. The minimum Gasteiger partial charge on any atom is -0.858 e. The van der Waals surface area contributed by atoms with Crippen molar-refractivity contribution in [1.82, 2.24) is 5.27 Å². The van der Waals surface area contributed by atoms with Crippen LogP contribution in [0.5, 0.6) is 17.2 Å². The van der Waals surface area contributed by atoms with E-state index in [1.165, 1.54) is 39.0 Å². The van der Waals surface area contributed by atoms with Gasteiger partial charge >= 0.3 is 5.88 Å². The number of rotatable bonds is 8. The van der Waals surface area contributed by atoms with Gasteiger partial charge in [-0.2, -0.15) is 0 Å². The molecule has 0 aliphatic rings. The molecule has 0 amide bonds. The van der Waals surface area contributed by atoms with Crippen molar-refractivity contribution in [2.75, 3.05) is 21.3 Å². The number of nitrogens with zero attached hydrogens (tertiary/aromatic N) is 3. The molecule has 0 aliphatic carbocycles. The van der Waals surface area contributed by atoms with Crippen molar-refractivity contribution in [2.45, 2.75) is 13.0 Å². The fourth-order valence-corrected chi connectivity index (χ4v) is 2.68. The van der Waals surface area contributed by atoms with Crippen molar-refractivity contribution in [3.05, 3.63) is 59.8 Å². The van der Waals surface area contributed by atoms with E-state index in [0.29, 0.717) is 23.8 Å². The average Bonchev–Trinajstić information content (AvgIpc) is 3.19. The fourth-order valence-electron chi connectivity index (χ4n) is 2.68. The fraction of sp³-hybridized carbons (Fsp3) is 0.250. The number of aromatic nitrogens is 2. The first-order chi connectivity index (χ1) is 13.6. The zero-order valence-electron chi connectivity index (χ0n) is 15.9. The molecule has 0 saturated carbocycles. The van der Waals surface area contributed by atoms with Gasteiger partial charge in [-0.25, -0.2) is 4.99 Å². The zero-order chi connectivity index (χ0) is 19.9. The number of aliphatic imine (C=N–C) groups is 1. The third-order valence-corrected chi connectivity index (χ3v) is 4.09. The number of aryl methyl sites for hydroxylation is 2. The lowest BCUT2D eigenvalue weighted by atomic mass is 10.1. The Hall–Kier alpha value is -3.55.